The summed E-state index contributed by atoms with van der Waals surface area (Å²) in [5.41, 5.74) is -0.223. The number of aliphatic hydroxyl groups excluding tert-OH is 1. The normalized spacial score (nSPS) is 35.6. The molecule has 6 atom stereocenters. The highest BCUT2D eigenvalue weighted by molar-refractivity contribution is 8.00. The number of hydrogen-bond acceptors (Lipinski definition) is 4. The van der Waals surface area contributed by atoms with Gasteiger partial charge in [0.2, 0.25) is 0 Å². The average molecular weight is 404 g/mol. The van der Waals surface area contributed by atoms with Crippen LogP contribution < -0.4 is 0 Å². The molecule has 3 fully saturated rings. The third kappa shape index (κ3) is 2.72. The summed E-state index contributed by atoms with van der Waals surface area (Å²) in [6, 6.07) is 10.1. The maximum Gasteiger partial charge on any atom is 0.411 e. The molecule has 4 nitrogen and oxygen atoms in total. The minimum atomic E-state index is -0.668. The van der Waals surface area contributed by atoms with E-state index in [0.717, 1.165) is 17.7 Å². The summed E-state index contributed by atoms with van der Waals surface area (Å²) in [5, 5.41) is 10.9. The average Bonchev–Trinajstić information content (AvgIpc) is 3.13. The Hall–Kier alpha value is -1.20. The maximum atomic E-state index is 13.1. The SMILES string of the molecule is CC(C)(C)[C@@H](O)[C@@H](Sc1ccccc1)N1C(=O)O[C@@H]2[C@H]1[C@H]1CC[C@]2(C)C1(C)C. The van der Waals surface area contributed by atoms with Crippen molar-refractivity contribution in [3.63, 3.8) is 0 Å². The van der Waals surface area contributed by atoms with Crippen molar-refractivity contribution >= 4 is 17.9 Å². The first-order valence-electron chi connectivity index (χ1n) is 10.4. The Labute approximate surface area is 173 Å². The molecule has 2 bridgehead atoms. The summed E-state index contributed by atoms with van der Waals surface area (Å²) in [6.45, 7) is 13.0. The number of aliphatic hydroxyl groups is 1. The van der Waals surface area contributed by atoms with Gasteiger partial charge in [0.1, 0.15) is 11.5 Å². The molecule has 2 aliphatic carbocycles. The van der Waals surface area contributed by atoms with E-state index >= 15 is 0 Å². The van der Waals surface area contributed by atoms with Crippen molar-refractivity contribution in [2.45, 2.75) is 82.9 Å². The van der Waals surface area contributed by atoms with Crippen LogP contribution in [0.25, 0.3) is 0 Å². The lowest BCUT2D eigenvalue weighted by Crippen LogP contribution is -2.53. The monoisotopic (exact) mass is 403 g/mol. The number of benzene rings is 1. The lowest BCUT2D eigenvalue weighted by Gasteiger charge is -2.41. The summed E-state index contributed by atoms with van der Waals surface area (Å²) in [4.78, 5) is 16.1. The Balaban J connectivity index is 1.73. The molecule has 0 aromatic heterocycles. The van der Waals surface area contributed by atoms with Gasteiger partial charge in [-0.25, -0.2) is 4.79 Å². The van der Waals surface area contributed by atoms with E-state index < -0.39 is 6.10 Å². The van der Waals surface area contributed by atoms with Crippen LogP contribution in [-0.2, 0) is 4.74 Å². The predicted molar refractivity (Wildman–Crippen MR) is 112 cm³/mol. The quantitative estimate of drug-likeness (QED) is 0.706. The summed E-state index contributed by atoms with van der Waals surface area (Å²) >= 11 is 1.58. The Morgan fingerprint density at radius 3 is 2.46 bits per heavy atom. The number of hydrogen-bond donors (Lipinski definition) is 1. The lowest BCUT2D eigenvalue weighted by atomic mass is 9.70. The van der Waals surface area contributed by atoms with Gasteiger partial charge in [-0.15, -0.1) is 0 Å². The van der Waals surface area contributed by atoms with Gasteiger partial charge in [0.15, 0.2) is 0 Å². The number of ether oxygens (including phenoxy) is 1. The van der Waals surface area contributed by atoms with Gasteiger partial charge in [0, 0.05) is 10.3 Å². The van der Waals surface area contributed by atoms with Crippen molar-refractivity contribution in [1.82, 2.24) is 4.90 Å². The number of carbonyl (C=O) groups excluding carboxylic acids is 1. The number of rotatable bonds is 4. The van der Waals surface area contributed by atoms with E-state index in [1.165, 1.54) is 0 Å². The number of thioether (sulfide) groups is 1. The molecule has 1 amide bonds. The molecule has 4 rings (SSSR count). The molecule has 0 spiro atoms. The van der Waals surface area contributed by atoms with Gasteiger partial charge < -0.3 is 9.84 Å². The van der Waals surface area contributed by atoms with Crippen molar-refractivity contribution in [2.24, 2.45) is 22.2 Å². The molecule has 154 valence electrons. The zero-order chi connectivity index (χ0) is 20.5. The van der Waals surface area contributed by atoms with Crippen molar-refractivity contribution in [2.75, 3.05) is 0 Å². The second kappa shape index (κ2) is 6.40. The number of nitrogens with zero attached hydrogens (tertiary/aromatic N) is 1. The van der Waals surface area contributed by atoms with Gasteiger partial charge in [0.05, 0.1) is 12.1 Å². The molecule has 3 aliphatic rings. The van der Waals surface area contributed by atoms with Gasteiger partial charge >= 0.3 is 6.09 Å². The first-order chi connectivity index (χ1) is 13.0. The fourth-order valence-electron chi connectivity index (χ4n) is 5.70. The predicted octanol–water partition coefficient (Wildman–Crippen LogP) is 5.16. The fraction of sp³-hybridized carbons (Fsp3) is 0.696. The molecule has 28 heavy (non-hydrogen) atoms. The third-order valence-electron chi connectivity index (χ3n) is 7.92. The van der Waals surface area contributed by atoms with Crippen LogP contribution in [0.2, 0.25) is 0 Å². The Morgan fingerprint density at radius 1 is 1.21 bits per heavy atom. The minimum Gasteiger partial charge on any atom is -0.443 e. The van der Waals surface area contributed by atoms with Gasteiger partial charge in [-0.2, -0.15) is 0 Å². The first-order valence-corrected chi connectivity index (χ1v) is 11.3. The van der Waals surface area contributed by atoms with E-state index in [4.69, 9.17) is 4.74 Å². The zero-order valence-corrected chi connectivity index (χ0v) is 18.6. The van der Waals surface area contributed by atoms with Crippen molar-refractivity contribution in [3.8, 4) is 0 Å². The molecule has 2 saturated carbocycles. The second-order valence-corrected chi connectivity index (χ2v) is 11.8. The maximum absolute atomic E-state index is 13.1. The van der Waals surface area contributed by atoms with Crippen LogP contribution in [0, 0.1) is 22.2 Å². The van der Waals surface area contributed by atoms with Crippen molar-refractivity contribution in [3.05, 3.63) is 30.3 Å². The summed E-state index contributed by atoms with van der Waals surface area (Å²) in [5.74, 6) is 0.403. The fourth-order valence-corrected chi connectivity index (χ4v) is 7.17. The highest BCUT2D eigenvalue weighted by Crippen LogP contribution is 2.69. The minimum absolute atomic E-state index is 0.00138. The molecule has 1 saturated heterocycles. The Bertz CT molecular complexity index is 759. The van der Waals surface area contributed by atoms with Crippen LogP contribution >= 0.6 is 11.8 Å². The molecule has 0 unspecified atom stereocenters. The van der Waals surface area contributed by atoms with Gasteiger partial charge in [-0.3, -0.25) is 4.90 Å². The van der Waals surface area contributed by atoms with E-state index in [-0.39, 0.29) is 39.9 Å². The van der Waals surface area contributed by atoms with Crippen LogP contribution in [0.1, 0.15) is 54.4 Å². The third-order valence-corrected chi connectivity index (χ3v) is 9.19. The van der Waals surface area contributed by atoms with Crippen molar-refractivity contribution in [1.29, 1.82) is 0 Å². The highest BCUT2D eigenvalue weighted by Gasteiger charge is 2.73. The topological polar surface area (TPSA) is 49.8 Å². The Morgan fingerprint density at radius 2 is 1.86 bits per heavy atom. The number of amides is 1. The smallest absolute Gasteiger partial charge is 0.411 e. The zero-order valence-electron chi connectivity index (χ0n) is 17.8. The Kier molecular flexibility index (Phi) is 4.59. The van der Waals surface area contributed by atoms with Gasteiger partial charge in [-0.1, -0.05) is 71.5 Å². The molecular formula is C23H33NO3S. The van der Waals surface area contributed by atoms with E-state index in [2.05, 4.69) is 20.8 Å². The van der Waals surface area contributed by atoms with Crippen LogP contribution in [0.15, 0.2) is 35.2 Å². The van der Waals surface area contributed by atoms with E-state index in [9.17, 15) is 9.90 Å². The lowest BCUT2D eigenvalue weighted by molar-refractivity contribution is 0.0107. The van der Waals surface area contributed by atoms with Crippen LogP contribution in [0.3, 0.4) is 0 Å². The van der Waals surface area contributed by atoms with Crippen LogP contribution in [0.5, 0.6) is 0 Å². The molecule has 1 heterocycles. The highest BCUT2D eigenvalue weighted by atomic mass is 32.2. The van der Waals surface area contributed by atoms with E-state index in [1.807, 2.05) is 56.0 Å². The van der Waals surface area contributed by atoms with Gasteiger partial charge in [-0.05, 0) is 41.7 Å². The molecule has 1 aliphatic heterocycles. The summed E-state index contributed by atoms with van der Waals surface area (Å²) in [6.07, 6.45) is 1.21. The van der Waals surface area contributed by atoms with E-state index in [1.54, 1.807) is 11.8 Å². The van der Waals surface area contributed by atoms with Crippen LogP contribution in [-0.4, -0.2) is 39.7 Å². The molecule has 0 radical (unpaired) electrons. The largest absolute Gasteiger partial charge is 0.443 e. The first kappa shape index (κ1) is 20.1. The van der Waals surface area contributed by atoms with Crippen molar-refractivity contribution < 1.29 is 14.6 Å². The standard InChI is InChI=1S/C23H33NO3S/c1-21(2,3)17(25)19(28-14-10-8-7-9-11-14)24-16-15-12-13-23(6,22(15,4)5)18(16)27-20(24)26/h7-11,15-19,25H,12-13H2,1-6H3/t15-,16-,17+,18-,19-,23+/m1/s1. The summed E-state index contributed by atoms with van der Waals surface area (Å²) in [7, 11) is 0. The molecular weight excluding hydrogens is 370 g/mol. The number of carbonyl (C=O) groups is 1. The molecule has 1 aromatic carbocycles. The van der Waals surface area contributed by atoms with E-state index in [0.29, 0.717) is 5.92 Å². The molecule has 5 heteroatoms. The summed E-state index contributed by atoms with van der Waals surface area (Å²) < 4.78 is 6.01. The second-order valence-electron chi connectivity index (χ2n) is 10.6. The molecule has 1 aromatic rings. The molecule has 1 N–H and O–H groups in total. The number of fused-ring (bicyclic) bond motifs is 5. The van der Waals surface area contributed by atoms with Crippen LogP contribution in [0.4, 0.5) is 4.79 Å². The van der Waals surface area contributed by atoms with Gasteiger partial charge in [0.25, 0.3) is 0 Å².